The molecule has 0 saturated carbocycles. The number of Topliss-reactive ketones (excluding diaryl/α,β-unsaturated/α-hetero) is 2. The molecular weight excluding hydrogens is 316 g/mol. The van der Waals surface area contributed by atoms with E-state index in [9.17, 15) is 34.5 Å². The van der Waals surface area contributed by atoms with E-state index in [4.69, 9.17) is 15.6 Å². The van der Waals surface area contributed by atoms with Gasteiger partial charge in [-0.05, 0) is 0 Å². The van der Waals surface area contributed by atoms with Crippen molar-refractivity contribution in [1.82, 2.24) is 5.32 Å². The third kappa shape index (κ3) is 4.09. The Morgan fingerprint density at radius 2 is 1.96 bits per heavy atom. The van der Waals surface area contributed by atoms with E-state index in [1.165, 1.54) is 0 Å². The Bertz CT molecular complexity index is 523. The molecule has 0 aliphatic carbocycles. The van der Waals surface area contributed by atoms with Crippen LogP contribution < -0.4 is 11.1 Å². The quantitative estimate of drug-likeness (QED) is 0.259. The summed E-state index contributed by atoms with van der Waals surface area (Å²) in [5, 5.41) is 40.2. The fraction of sp³-hybridized carbons (Fsp3) is 0.667. The first kappa shape index (κ1) is 19.1. The molecule has 0 bridgehead atoms. The Morgan fingerprint density at radius 3 is 2.39 bits per heavy atom. The normalized spacial score (nSPS) is 32.0. The molecule has 1 saturated heterocycles. The molecule has 1 heterocycles. The lowest BCUT2D eigenvalue weighted by Gasteiger charge is -2.41. The average molecular weight is 334 g/mol. The number of hydrogen-bond acceptors (Lipinski definition) is 9. The van der Waals surface area contributed by atoms with Gasteiger partial charge in [-0.1, -0.05) is 0 Å². The molecule has 0 aromatic heterocycles. The van der Waals surface area contributed by atoms with Crippen LogP contribution in [0.25, 0.3) is 0 Å². The van der Waals surface area contributed by atoms with E-state index < -0.39 is 66.5 Å². The second-order valence-electron chi connectivity index (χ2n) is 5.11. The maximum atomic E-state index is 12.1. The zero-order chi connectivity index (χ0) is 17.9. The number of aliphatic hydroxyl groups excluding tert-OH is 2. The number of carbonyl (C=O) groups is 4. The van der Waals surface area contributed by atoms with Gasteiger partial charge in [0.2, 0.25) is 17.5 Å². The van der Waals surface area contributed by atoms with Crippen molar-refractivity contribution >= 4 is 23.4 Å². The molecule has 1 aliphatic rings. The summed E-state index contributed by atoms with van der Waals surface area (Å²) in [5.41, 5.74) is 5.06. The van der Waals surface area contributed by atoms with Crippen molar-refractivity contribution in [2.75, 3.05) is 6.54 Å². The van der Waals surface area contributed by atoms with Crippen LogP contribution in [0.4, 0.5) is 0 Å². The number of ketones is 2. The number of ether oxygens (including phenoxy) is 1. The van der Waals surface area contributed by atoms with Gasteiger partial charge in [0.25, 0.3) is 5.79 Å². The highest BCUT2D eigenvalue weighted by molar-refractivity contribution is 6.40. The number of nitrogens with two attached hydrogens (primary N) is 1. The number of carboxylic acids is 1. The summed E-state index contributed by atoms with van der Waals surface area (Å²) in [6.07, 6.45) is -6.39. The molecule has 11 nitrogen and oxygen atoms in total. The zero-order valence-electron chi connectivity index (χ0n) is 12.1. The fourth-order valence-electron chi connectivity index (χ4n) is 2.12. The monoisotopic (exact) mass is 334 g/mol. The summed E-state index contributed by atoms with van der Waals surface area (Å²) in [6, 6.07) is -1.48. The minimum Gasteiger partial charge on any atom is -0.477 e. The van der Waals surface area contributed by atoms with Crippen molar-refractivity contribution in [3.8, 4) is 0 Å². The largest absolute Gasteiger partial charge is 0.477 e. The molecule has 0 aromatic rings. The first-order valence-electron chi connectivity index (χ1n) is 6.58. The first-order chi connectivity index (χ1) is 10.5. The van der Waals surface area contributed by atoms with Gasteiger partial charge in [-0.25, -0.2) is 4.79 Å². The summed E-state index contributed by atoms with van der Waals surface area (Å²) in [7, 11) is 0. The van der Waals surface area contributed by atoms with Crippen LogP contribution in [0, 0.1) is 0 Å². The van der Waals surface area contributed by atoms with Gasteiger partial charge in [0, 0.05) is 19.9 Å². The molecule has 11 heteroatoms. The number of aliphatic hydroxyl groups is 3. The second kappa shape index (κ2) is 7.10. The molecule has 1 fully saturated rings. The molecular formula is C12H18N2O9. The number of carbonyl (C=O) groups excluding carboxylic acids is 3. The molecule has 130 valence electrons. The number of nitrogens with one attached hydrogen (secondary N) is 1. The van der Waals surface area contributed by atoms with Gasteiger partial charge in [-0.2, -0.15) is 0 Å². The van der Waals surface area contributed by atoms with Crippen LogP contribution in [0.5, 0.6) is 0 Å². The number of hydrogen-bond donors (Lipinski definition) is 6. The van der Waals surface area contributed by atoms with Gasteiger partial charge in [0.1, 0.15) is 6.10 Å². The highest BCUT2D eigenvalue weighted by Gasteiger charge is 2.54. The lowest BCUT2D eigenvalue weighted by molar-refractivity contribution is -0.271. The van der Waals surface area contributed by atoms with Crippen molar-refractivity contribution < 1.29 is 44.3 Å². The van der Waals surface area contributed by atoms with Crippen LogP contribution in [0.15, 0.2) is 0 Å². The van der Waals surface area contributed by atoms with E-state index in [1.54, 1.807) is 0 Å². The van der Waals surface area contributed by atoms with E-state index >= 15 is 0 Å². The number of carboxylic acid groups (broad SMARTS) is 1. The van der Waals surface area contributed by atoms with Gasteiger partial charge < -0.3 is 36.2 Å². The van der Waals surface area contributed by atoms with Gasteiger partial charge in [-0.15, -0.1) is 0 Å². The van der Waals surface area contributed by atoms with Crippen molar-refractivity contribution in [3.63, 3.8) is 0 Å². The molecule has 5 atom stereocenters. The summed E-state index contributed by atoms with van der Waals surface area (Å²) in [4.78, 5) is 46.0. The molecule has 1 rings (SSSR count). The van der Waals surface area contributed by atoms with Crippen LogP contribution in [0.1, 0.15) is 13.3 Å². The van der Waals surface area contributed by atoms with Crippen molar-refractivity contribution in [1.29, 1.82) is 0 Å². The minimum atomic E-state index is -2.93. The molecule has 1 unspecified atom stereocenters. The maximum absolute atomic E-state index is 12.1. The SMILES string of the molecule is CC(=O)N[C@@H]1[C@@H](O)C[C@@](O)(C(=O)O)O[C@H]1C(=O)C(=O)C(O)CN. The Balaban J connectivity index is 3.16. The predicted octanol–water partition coefficient (Wildman–Crippen LogP) is -4.13. The molecule has 1 amide bonds. The molecule has 0 spiro atoms. The summed E-state index contributed by atoms with van der Waals surface area (Å²) < 4.78 is 4.76. The van der Waals surface area contributed by atoms with Crippen LogP contribution in [0.2, 0.25) is 0 Å². The topological polar surface area (TPSA) is 196 Å². The molecule has 0 aromatic carbocycles. The first-order valence-corrected chi connectivity index (χ1v) is 6.58. The lowest BCUT2D eigenvalue weighted by Crippen LogP contribution is -2.66. The average Bonchev–Trinajstić information content (AvgIpc) is 2.47. The summed E-state index contributed by atoms with van der Waals surface area (Å²) in [5.74, 6) is -8.33. The van der Waals surface area contributed by atoms with E-state index in [0.717, 1.165) is 6.92 Å². The third-order valence-electron chi connectivity index (χ3n) is 3.28. The standard InChI is InChI=1S/C12H18N2O9/c1-4(15)14-7-5(16)2-12(22,11(20)21)23-10(7)9(19)8(18)6(17)3-13/h5-7,10,16-17,22H,2-3,13H2,1H3,(H,14,15)(H,20,21)/t5-,6?,7+,10+,12-/m0/s1. The Morgan fingerprint density at radius 1 is 1.39 bits per heavy atom. The lowest BCUT2D eigenvalue weighted by atomic mass is 9.89. The molecule has 7 N–H and O–H groups in total. The molecule has 23 heavy (non-hydrogen) atoms. The van der Waals surface area contributed by atoms with Crippen LogP contribution in [-0.4, -0.2) is 80.6 Å². The maximum Gasteiger partial charge on any atom is 0.364 e. The Labute approximate surface area is 130 Å². The van der Waals surface area contributed by atoms with Crippen LogP contribution in [0.3, 0.4) is 0 Å². The van der Waals surface area contributed by atoms with Gasteiger partial charge >= 0.3 is 5.97 Å². The van der Waals surface area contributed by atoms with Crippen LogP contribution in [-0.2, 0) is 23.9 Å². The van der Waals surface area contributed by atoms with Gasteiger partial charge in [-0.3, -0.25) is 14.4 Å². The smallest absolute Gasteiger partial charge is 0.364 e. The van der Waals surface area contributed by atoms with E-state index in [2.05, 4.69) is 5.32 Å². The summed E-state index contributed by atoms with van der Waals surface area (Å²) >= 11 is 0. The Kier molecular flexibility index (Phi) is 5.91. The van der Waals surface area contributed by atoms with E-state index in [1.807, 2.05) is 0 Å². The van der Waals surface area contributed by atoms with E-state index in [-0.39, 0.29) is 0 Å². The summed E-state index contributed by atoms with van der Waals surface area (Å²) in [6.45, 7) is 0.483. The minimum absolute atomic E-state index is 0.576. The Hall–Kier alpha value is -1.92. The third-order valence-corrected chi connectivity index (χ3v) is 3.28. The van der Waals surface area contributed by atoms with Crippen molar-refractivity contribution in [2.45, 2.75) is 43.5 Å². The number of rotatable bonds is 6. The predicted molar refractivity (Wildman–Crippen MR) is 70.8 cm³/mol. The van der Waals surface area contributed by atoms with Crippen molar-refractivity contribution in [3.05, 3.63) is 0 Å². The second-order valence-corrected chi connectivity index (χ2v) is 5.11. The fourth-order valence-corrected chi connectivity index (χ4v) is 2.12. The molecule has 0 radical (unpaired) electrons. The zero-order valence-corrected chi connectivity index (χ0v) is 12.1. The number of aliphatic carboxylic acids is 1. The number of amides is 1. The van der Waals surface area contributed by atoms with Gasteiger partial charge in [0.15, 0.2) is 6.10 Å². The molecule has 1 aliphatic heterocycles. The highest BCUT2D eigenvalue weighted by Crippen LogP contribution is 2.28. The van der Waals surface area contributed by atoms with Gasteiger partial charge in [0.05, 0.1) is 12.1 Å². The van der Waals surface area contributed by atoms with Crippen molar-refractivity contribution in [2.24, 2.45) is 5.73 Å². The van der Waals surface area contributed by atoms with Crippen LogP contribution >= 0.6 is 0 Å². The highest BCUT2D eigenvalue weighted by atomic mass is 16.7. The van der Waals surface area contributed by atoms with E-state index in [0.29, 0.717) is 0 Å².